The first-order valence-electron chi connectivity index (χ1n) is 9.39. The lowest BCUT2D eigenvalue weighted by atomic mass is 10.0. The Hall–Kier alpha value is -2.01. The van der Waals surface area contributed by atoms with Crippen LogP contribution in [0.2, 0.25) is 0 Å². The van der Waals surface area contributed by atoms with E-state index >= 15 is 0 Å². The SMILES string of the molecule is CCOc1ccccc1[C@H](CC)NC(=O)N1CC[C@@H](N2CC=CC2)C1. The highest BCUT2D eigenvalue weighted by Gasteiger charge is 2.31. The maximum absolute atomic E-state index is 12.8. The quantitative estimate of drug-likeness (QED) is 0.807. The summed E-state index contributed by atoms with van der Waals surface area (Å²) in [7, 11) is 0. The van der Waals surface area contributed by atoms with E-state index in [2.05, 4.69) is 29.3 Å². The minimum absolute atomic E-state index is 0.0252. The largest absolute Gasteiger partial charge is 0.494 e. The van der Waals surface area contributed by atoms with Gasteiger partial charge in [-0.2, -0.15) is 0 Å². The Morgan fingerprint density at radius 1 is 1.28 bits per heavy atom. The summed E-state index contributed by atoms with van der Waals surface area (Å²) in [5.74, 6) is 0.861. The van der Waals surface area contributed by atoms with E-state index in [1.165, 1.54) is 0 Å². The first-order chi connectivity index (χ1) is 12.2. The van der Waals surface area contributed by atoms with Crippen molar-refractivity contribution in [1.29, 1.82) is 0 Å². The van der Waals surface area contributed by atoms with Gasteiger partial charge in [0.25, 0.3) is 0 Å². The second kappa shape index (κ2) is 8.39. The molecule has 1 saturated heterocycles. The van der Waals surface area contributed by atoms with Crippen molar-refractivity contribution in [3.8, 4) is 5.75 Å². The number of hydrogen-bond acceptors (Lipinski definition) is 3. The van der Waals surface area contributed by atoms with Crippen LogP contribution in [0.5, 0.6) is 5.75 Å². The maximum Gasteiger partial charge on any atom is 0.317 e. The molecule has 0 saturated carbocycles. The number of hydrogen-bond donors (Lipinski definition) is 1. The fourth-order valence-corrected chi connectivity index (χ4v) is 3.71. The predicted molar refractivity (Wildman–Crippen MR) is 99.9 cm³/mol. The molecule has 5 heteroatoms. The van der Waals surface area contributed by atoms with Gasteiger partial charge in [0.2, 0.25) is 0 Å². The van der Waals surface area contributed by atoms with Crippen LogP contribution in [0.25, 0.3) is 0 Å². The number of carbonyl (C=O) groups excluding carboxylic acids is 1. The van der Waals surface area contributed by atoms with Gasteiger partial charge in [-0.3, -0.25) is 4.90 Å². The van der Waals surface area contributed by atoms with Crippen LogP contribution in [-0.4, -0.2) is 54.7 Å². The molecule has 0 spiro atoms. The number of ether oxygens (including phenoxy) is 1. The highest BCUT2D eigenvalue weighted by Crippen LogP contribution is 2.28. The van der Waals surface area contributed by atoms with Gasteiger partial charge in [0.15, 0.2) is 0 Å². The summed E-state index contributed by atoms with van der Waals surface area (Å²) in [5.41, 5.74) is 1.06. The molecule has 0 unspecified atom stereocenters. The number of amides is 2. The van der Waals surface area contributed by atoms with E-state index in [1.54, 1.807) is 0 Å². The molecule has 1 aromatic carbocycles. The summed E-state index contributed by atoms with van der Waals surface area (Å²) in [6.07, 6.45) is 6.31. The molecular formula is C20H29N3O2. The Bertz CT molecular complexity index is 609. The van der Waals surface area contributed by atoms with Crippen LogP contribution in [-0.2, 0) is 0 Å². The molecule has 2 atom stereocenters. The lowest BCUT2D eigenvalue weighted by molar-refractivity contribution is 0.195. The van der Waals surface area contributed by atoms with E-state index < -0.39 is 0 Å². The highest BCUT2D eigenvalue weighted by atomic mass is 16.5. The van der Waals surface area contributed by atoms with Crippen LogP contribution in [0.3, 0.4) is 0 Å². The summed E-state index contributed by atoms with van der Waals surface area (Å²) in [5, 5.41) is 3.21. The fraction of sp³-hybridized carbons (Fsp3) is 0.550. The molecule has 0 aliphatic carbocycles. The molecule has 2 amide bonds. The average molecular weight is 343 g/mol. The third-order valence-electron chi connectivity index (χ3n) is 5.11. The number of rotatable bonds is 6. The van der Waals surface area contributed by atoms with Gasteiger partial charge in [-0.05, 0) is 25.8 Å². The summed E-state index contributed by atoms with van der Waals surface area (Å²) < 4.78 is 5.73. The zero-order valence-electron chi connectivity index (χ0n) is 15.3. The van der Waals surface area contributed by atoms with Gasteiger partial charge in [0.1, 0.15) is 5.75 Å². The van der Waals surface area contributed by atoms with E-state index in [0.29, 0.717) is 12.6 Å². The van der Waals surface area contributed by atoms with Gasteiger partial charge < -0.3 is 15.0 Å². The normalized spacial score (nSPS) is 21.5. The third kappa shape index (κ3) is 4.15. The van der Waals surface area contributed by atoms with Gasteiger partial charge in [0.05, 0.1) is 12.6 Å². The first-order valence-corrected chi connectivity index (χ1v) is 9.39. The predicted octanol–water partition coefficient (Wildman–Crippen LogP) is 3.19. The molecule has 1 aromatic rings. The second-order valence-electron chi connectivity index (χ2n) is 6.69. The molecule has 2 heterocycles. The topological polar surface area (TPSA) is 44.8 Å². The lowest BCUT2D eigenvalue weighted by Gasteiger charge is -2.26. The molecule has 25 heavy (non-hydrogen) atoms. The van der Waals surface area contributed by atoms with Gasteiger partial charge >= 0.3 is 6.03 Å². The lowest BCUT2D eigenvalue weighted by Crippen LogP contribution is -2.42. The van der Waals surface area contributed by atoms with Crippen molar-refractivity contribution in [2.75, 3.05) is 32.8 Å². The number of benzene rings is 1. The van der Waals surface area contributed by atoms with Crippen LogP contribution >= 0.6 is 0 Å². The molecule has 0 aromatic heterocycles. The van der Waals surface area contributed by atoms with Crippen molar-refractivity contribution in [2.45, 2.75) is 38.8 Å². The molecule has 3 rings (SSSR count). The van der Waals surface area contributed by atoms with Crippen LogP contribution in [0.1, 0.15) is 38.3 Å². The number of nitrogens with one attached hydrogen (secondary N) is 1. The number of carbonyl (C=O) groups is 1. The Labute approximate surface area is 150 Å². The molecule has 0 bridgehead atoms. The number of para-hydroxylation sites is 1. The minimum Gasteiger partial charge on any atom is -0.494 e. The van der Waals surface area contributed by atoms with Gasteiger partial charge in [-0.25, -0.2) is 4.79 Å². The summed E-state index contributed by atoms with van der Waals surface area (Å²) in [6.45, 7) is 8.37. The fourth-order valence-electron chi connectivity index (χ4n) is 3.71. The Morgan fingerprint density at radius 2 is 2.04 bits per heavy atom. The molecule has 1 fully saturated rings. The summed E-state index contributed by atoms with van der Waals surface area (Å²) >= 11 is 0. The molecular weight excluding hydrogens is 314 g/mol. The monoisotopic (exact) mass is 343 g/mol. The summed E-state index contributed by atoms with van der Waals surface area (Å²) in [4.78, 5) is 17.2. The van der Waals surface area contributed by atoms with E-state index in [1.807, 2.05) is 36.1 Å². The Morgan fingerprint density at radius 3 is 2.76 bits per heavy atom. The van der Waals surface area contributed by atoms with E-state index in [0.717, 1.165) is 50.3 Å². The Balaban J connectivity index is 1.61. The standard InChI is InChI=1S/C20H29N3O2/c1-3-18(17-9-5-6-10-19(17)25-4-2)21-20(24)23-14-11-16(15-23)22-12-7-8-13-22/h5-10,16,18H,3-4,11-15H2,1-2H3,(H,21,24)/t16-,18+/m1/s1. The van der Waals surface area contributed by atoms with Gasteiger partial charge in [0, 0.05) is 37.8 Å². The first kappa shape index (κ1) is 17.8. The van der Waals surface area contributed by atoms with Crippen LogP contribution in [0.4, 0.5) is 4.79 Å². The van der Waals surface area contributed by atoms with Crippen molar-refractivity contribution in [1.82, 2.24) is 15.1 Å². The maximum atomic E-state index is 12.8. The molecule has 5 nitrogen and oxygen atoms in total. The average Bonchev–Trinajstić information content (AvgIpc) is 3.31. The van der Waals surface area contributed by atoms with Crippen molar-refractivity contribution in [3.63, 3.8) is 0 Å². The number of nitrogens with zero attached hydrogens (tertiary/aromatic N) is 2. The van der Waals surface area contributed by atoms with Crippen molar-refractivity contribution < 1.29 is 9.53 Å². The smallest absolute Gasteiger partial charge is 0.317 e. The van der Waals surface area contributed by atoms with Gasteiger partial charge in [-0.1, -0.05) is 37.3 Å². The third-order valence-corrected chi connectivity index (χ3v) is 5.11. The molecule has 2 aliphatic heterocycles. The molecule has 0 radical (unpaired) electrons. The zero-order valence-corrected chi connectivity index (χ0v) is 15.3. The van der Waals surface area contributed by atoms with Crippen molar-refractivity contribution in [2.24, 2.45) is 0 Å². The van der Waals surface area contributed by atoms with Gasteiger partial charge in [-0.15, -0.1) is 0 Å². The zero-order chi connectivity index (χ0) is 17.6. The van der Waals surface area contributed by atoms with Crippen molar-refractivity contribution >= 4 is 6.03 Å². The van der Waals surface area contributed by atoms with Crippen LogP contribution in [0, 0.1) is 0 Å². The minimum atomic E-state index is -0.0252. The molecule has 136 valence electrons. The molecule has 2 aliphatic rings. The van der Waals surface area contributed by atoms with Crippen molar-refractivity contribution in [3.05, 3.63) is 42.0 Å². The number of likely N-dealkylation sites (tertiary alicyclic amines) is 1. The second-order valence-corrected chi connectivity index (χ2v) is 6.69. The highest BCUT2D eigenvalue weighted by molar-refractivity contribution is 5.75. The number of urea groups is 1. The Kier molecular flexibility index (Phi) is 5.97. The van der Waals surface area contributed by atoms with E-state index in [-0.39, 0.29) is 12.1 Å². The van der Waals surface area contributed by atoms with E-state index in [9.17, 15) is 4.79 Å². The van der Waals surface area contributed by atoms with Crippen LogP contribution < -0.4 is 10.1 Å². The van der Waals surface area contributed by atoms with Crippen LogP contribution in [0.15, 0.2) is 36.4 Å². The molecule has 1 N–H and O–H groups in total. The van der Waals surface area contributed by atoms with E-state index in [4.69, 9.17) is 4.74 Å². The summed E-state index contributed by atoms with van der Waals surface area (Å²) in [6, 6.07) is 8.48.